The maximum atomic E-state index is 13.2. The van der Waals surface area contributed by atoms with Gasteiger partial charge in [0.15, 0.2) is 3.57 Å². The molecule has 0 bridgehead atoms. The largest absolute Gasteiger partial charge is 0.297 e. The van der Waals surface area contributed by atoms with Crippen LogP contribution >= 0.6 is 0 Å². The molecule has 66 valence electrons. The molecule has 0 heterocycles. The molecule has 2 heteroatoms. The van der Waals surface area contributed by atoms with Gasteiger partial charge in [0, 0.05) is 5.56 Å². The Balaban J connectivity index is 2.96. The van der Waals surface area contributed by atoms with Gasteiger partial charge in [-0.25, -0.2) is 4.39 Å². The minimum Gasteiger partial charge on any atom is -0.207 e. The summed E-state index contributed by atoms with van der Waals surface area (Å²) < 4.78 is 14.3. The molecule has 0 nitrogen and oxygen atoms in total. The molecule has 0 aliphatic heterocycles. The monoisotopic (exact) mass is 279 g/mol. The van der Waals surface area contributed by atoms with Crippen LogP contribution < -0.4 is 22.6 Å². The van der Waals surface area contributed by atoms with Crippen molar-refractivity contribution in [1.29, 1.82) is 0 Å². The van der Waals surface area contributed by atoms with E-state index in [1.807, 2.05) is 28.7 Å². The summed E-state index contributed by atoms with van der Waals surface area (Å²) >= 11 is 1.89. The van der Waals surface area contributed by atoms with Crippen LogP contribution in [0, 0.1) is 15.3 Å². The van der Waals surface area contributed by atoms with Crippen LogP contribution in [-0.4, -0.2) is 0 Å². The molecule has 0 radical (unpaired) electrons. The molecule has 0 saturated heterocycles. The maximum absolute atomic E-state index is 13.2. The second kappa shape index (κ2) is 4.21. The quantitative estimate of drug-likeness (QED) is 0.639. The molecule has 0 aliphatic carbocycles. The summed E-state index contributed by atoms with van der Waals surface area (Å²) in [5, 5.41) is 0. The summed E-state index contributed by atoms with van der Waals surface area (Å²) in [5.74, 6) is 0.453. The minimum atomic E-state index is -0.0635. The fraction of sp³-hybridized carbons (Fsp3) is 0.400. The first-order chi connectivity index (χ1) is 5.61. The topological polar surface area (TPSA) is 0 Å². The van der Waals surface area contributed by atoms with Gasteiger partial charge in [-0.05, 0) is 24.5 Å². The minimum absolute atomic E-state index is 0.0635. The zero-order chi connectivity index (χ0) is 9.14. The van der Waals surface area contributed by atoms with E-state index in [-0.39, 0.29) is 5.82 Å². The number of rotatable bonds is 2. The number of hydrogen-bond acceptors (Lipinski definition) is 0. The number of benzene rings is 1. The van der Waals surface area contributed by atoms with Crippen LogP contribution in [0.25, 0.3) is 0 Å². The molecule has 0 aliphatic rings. The van der Waals surface area contributed by atoms with Gasteiger partial charge in [-0.3, -0.25) is 0 Å². The molecule has 0 fully saturated rings. The normalized spacial score (nSPS) is 10.8. The fourth-order valence-electron chi connectivity index (χ4n) is 1.15. The first-order valence-corrected chi connectivity index (χ1v) is 5.22. The second-order valence-corrected chi connectivity index (χ2v) is 4.57. The zero-order valence-electron chi connectivity index (χ0n) is 7.30. The molecule has 1 rings (SSSR count). The van der Waals surface area contributed by atoms with E-state index >= 15 is 0 Å². The lowest BCUT2D eigenvalue weighted by atomic mass is 10.0. The lowest BCUT2D eigenvalue weighted by Gasteiger charge is -2.04. The third kappa shape index (κ3) is 2.44. The average molecular weight is 279 g/mol. The van der Waals surface area contributed by atoms with Crippen LogP contribution in [0.5, 0.6) is 0 Å². The van der Waals surface area contributed by atoms with Gasteiger partial charge in [-0.1, -0.05) is 19.9 Å². The molecule has 0 saturated carbocycles. The first-order valence-electron chi connectivity index (χ1n) is 4.05. The van der Waals surface area contributed by atoms with Gasteiger partial charge < -0.3 is 0 Å². The molecular formula is C10H13FI+. The van der Waals surface area contributed by atoms with Crippen molar-refractivity contribution in [1.82, 2.24) is 0 Å². The van der Waals surface area contributed by atoms with Gasteiger partial charge in [-0.15, -0.1) is 0 Å². The predicted octanol–water partition coefficient (Wildman–Crippen LogP) is -0.521. The van der Waals surface area contributed by atoms with Crippen LogP contribution in [0.1, 0.15) is 19.4 Å². The highest BCUT2D eigenvalue weighted by Crippen LogP contribution is 2.11. The van der Waals surface area contributed by atoms with E-state index in [9.17, 15) is 4.39 Å². The second-order valence-electron chi connectivity index (χ2n) is 3.31. The van der Waals surface area contributed by atoms with Crippen LogP contribution in [-0.2, 0) is 6.42 Å². The summed E-state index contributed by atoms with van der Waals surface area (Å²) in [5.41, 5.74) is 0.873. The van der Waals surface area contributed by atoms with E-state index < -0.39 is 0 Å². The van der Waals surface area contributed by atoms with Crippen molar-refractivity contribution < 1.29 is 27.0 Å². The Morgan fingerprint density at radius 2 is 2.08 bits per heavy atom. The van der Waals surface area contributed by atoms with E-state index in [0.717, 1.165) is 15.6 Å². The van der Waals surface area contributed by atoms with Crippen molar-refractivity contribution in [3.05, 3.63) is 33.1 Å². The summed E-state index contributed by atoms with van der Waals surface area (Å²) in [6, 6.07) is 5.26. The Kier molecular flexibility index (Phi) is 3.50. The third-order valence-corrected chi connectivity index (χ3v) is 2.78. The SMILES string of the molecule is CC(C)Cc1c(F)cccc1[IH+]. The van der Waals surface area contributed by atoms with E-state index in [0.29, 0.717) is 5.92 Å². The fourth-order valence-corrected chi connectivity index (χ4v) is 1.89. The molecule has 0 atom stereocenters. The average Bonchev–Trinajstić information content (AvgIpc) is 1.97. The Morgan fingerprint density at radius 1 is 1.42 bits per heavy atom. The van der Waals surface area contributed by atoms with Crippen molar-refractivity contribution in [2.45, 2.75) is 20.3 Å². The van der Waals surface area contributed by atoms with Gasteiger partial charge in [0.05, 0.1) is 0 Å². The number of halogens is 2. The third-order valence-electron chi connectivity index (χ3n) is 1.69. The summed E-state index contributed by atoms with van der Waals surface area (Å²) in [4.78, 5) is 0. The van der Waals surface area contributed by atoms with Gasteiger partial charge >= 0.3 is 0 Å². The predicted molar refractivity (Wildman–Crippen MR) is 45.0 cm³/mol. The van der Waals surface area contributed by atoms with Crippen molar-refractivity contribution in [3.8, 4) is 0 Å². The van der Waals surface area contributed by atoms with Crippen LogP contribution in [0.4, 0.5) is 4.39 Å². The Bertz CT molecular complexity index is 248. The smallest absolute Gasteiger partial charge is 0.207 e. The van der Waals surface area contributed by atoms with Gasteiger partial charge in [0.2, 0.25) is 0 Å². The summed E-state index contributed by atoms with van der Waals surface area (Å²) in [6.45, 7) is 4.21. The molecule has 0 spiro atoms. The van der Waals surface area contributed by atoms with Gasteiger partial charge in [-0.2, -0.15) is 0 Å². The molecule has 0 amide bonds. The lowest BCUT2D eigenvalue weighted by Crippen LogP contribution is -3.34. The van der Waals surface area contributed by atoms with Crippen molar-refractivity contribution in [2.75, 3.05) is 0 Å². The van der Waals surface area contributed by atoms with Crippen LogP contribution in [0.2, 0.25) is 0 Å². The number of hydrogen-bond donors (Lipinski definition) is 0. The molecule has 0 N–H and O–H groups in total. The Morgan fingerprint density at radius 3 is 2.58 bits per heavy atom. The molecule has 12 heavy (non-hydrogen) atoms. The van der Waals surface area contributed by atoms with E-state index in [2.05, 4.69) is 13.8 Å². The van der Waals surface area contributed by atoms with Crippen molar-refractivity contribution in [3.63, 3.8) is 0 Å². The first kappa shape index (κ1) is 9.96. The van der Waals surface area contributed by atoms with Crippen molar-refractivity contribution in [2.24, 2.45) is 5.92 Å². The van der Waals surface area contributed by atoms with E-state index in [1.54, 1.807) is 6.07 Å². The standard InChI is InChI=1S/C10H13FI/c1-7(2)6-8-9(11)4-3-5-10(8)12/h3-5,7,12H,6H2,1-2H3/q+1. The zero-order valence-corrected chi connectivity index (χ0v) is 9.63. The van der Waals surface area contributed by atoms with Gasteiger partial charge in [0.1, 0.15) is 5.82 Å². The van der Waals surface area contributed by atoms with E-state index in [4.69, 9.17) is 0 Å². The molecule has 1 aromatic carbocycles. The summed E-state index contributed by atoms with van der Waals surface area (Å²) in [7, 11) is 0. The lowest BCUT2D eigenvalue weighted by molar-refractivity contribution is -0.330. The maximum Gasteiger partial charge on any atom is 0.297 e. The van der Waals surface area contributed by atoms with Gasteiger partial charge in [0.25, 0.3) is 22.6 Å². The highest BCUT2D eigenvalue weighted by molar-refractivity contribution is 5.16. The highest BCUT2D eigenvalue weighted by Gasteiger charge is 2.12. The van der Waals surface area contributed by atoms with Crippen LogP contribution in [0.3, 0.4) is 0 Å². The molecule has 0 unspecified atom stereocenters. The molecule has 1 aromatic rings. The summed E-state index contributed by atoms with van der Waals surface area (Å²) in [6.07, 6.45) is 0.834. The Hall–Kier alpha value is -0.120. The van der Waals surface area contributed by atoms with E-state index in [1.165, 1.54) is 6.07 Å². The molecule has 0 aromatic heterocycles. The Labute approximate surface area is 86.3 Å². The van der Waals surface area contributed by atoms with Crippen LogP contribution in [0.15, 0.2) is 18.2 Å². The molecular weight excluding hydrogens is 266 g/mol. The van der Waals surface area contributed by atoms with Crippen molar-refractivity contribution >= 4 is 0 Å². The highest BCUT2D eigenvalue weighted by atomic mass is 127.